The highest BCUT2D eigenvalue weighted by atomic mass is 16.2. The molecule has 2 atom stereocenters. The predicted molar refractivity (Wildman–Crippen MR) is 74.1 cm³/mol. The molecule has 1 amide bonds. The van der Waals surface area contributed by atoms with E-state index in [9.17, 15) is 4.79 Å². The number of hydrogen-bond acceptors (Lipinski definition) is 1. The van der Waals surface area contributed by atoms with E-state index in [1.54, 1.807) is 0 Å². The third kappa shape index (κ3) is 2.74. The van der Waals surface area contributed by atoms with E-state index in [0.29, 0.717) is 0 Å². The minimum atomic E-state index is 0.0927. The highest BCUT2D eigenvalue weighted by molar-refractivity contribution is 5.80. The molecule has 0 radical (unpaired) electrons. The summed E-state index contributed by atoms with van der Waals surface area (Å²) in [6, 6.07) is 10.2. The molecule has 0 unspecified atom stereocenters. The maximum Gasteiger partial charge on any atom is 0.224 e. The van der Waals surface area contributed by atoms with Gasteiger partial charge in [-0.05, 0) is 30.7 Å². The number of carbonyl (C=O) groups is 1. The lowest BCUT2D eigenvalue weighted by Gasteiger charge is -2.27. The molecule has 1 saturated carbocycles. The minimum Gasteiger partial charge on any atom is -0.349 e. The van der Waals surface area contributed by atoms with Gasteiger partial charge in [0.1, 0.15) is 0 Å². The molecule has 1 aromatic carbocycles. The second-order valence-corrected chi connectivity index (χ2v) is 6.07. The number of benzene rings is 1. The summed E-state index contributed by atoms with van der Waals surface area (Å²) in [5.74, 6) is 0.387. The molecule has 2 rings (SSSR count). The van der Waals surface area contributed by atoms with E-state index >= 15 is 0 Å². The zero-order chi connectivity index (χ0) is 13.2. The molecule has 0 aromatic heterocycles. The molecule has 1 fully saturated rings. The van der Waals surface area contributed by atoms with Gasteiger partial charge in [-0.1, -0.05) is 50.6 Å². The second kappa shape index (κ2) is 5.13. The fraction of sp³-hybridized carbons (Fsp3) is 0.562. The molecular weight excluding hydrogens is 222 g/mol. The monoisotopic (exact) mass is 245 g/mol. The summed E-state index contributed by atoms with van der Waals surface area (Å²) in [7, 11) is 0. The van der Waals surface area contributed by atoms with Gasteiger partial charge in [-0.3, -0.25) is 4.79 Å². The zero-order valence-corrected chi connectivity index (χ0v) is 11.6. The molecule has 1 aliphatic carbocycles. The second-order valence-electron chi connectivity index (χ2n) is 6.07. The molecule has 1 aliphatic rings. The first-order chi connectivity index (χ1) is 8.50. The lowest BCUT2D eigenvalue weighted by molar-refractivity contribution is -0.128. The summed E-state index contributed by atoms with van der Waals surface area (Å²) in [6.07, 6.45) is 3.36. The Balaban J connectivity index is 2.00. The molecule has 0 aliphatic heterocycles. The van der Waals surface area contributed by atoms with Gasteiger partial charge < -0.3 is 5.32 Å². The SMILES string of the molecule is C[C@H](NC(=O)[C@@H]1CCCC1(C)C)c1ccccc1. The van der Waals surface area contributed by atoms with Crippen LogP contribution in [-0.4, -0.2) is 5.91 Å². The average molecular weight is 245 g/mol. The summed E-state index contributed by atoms with van der Waals surface area (Å²) in [6.45, 7) is 6.46. The average Bonchev–Trinajstić information content (AvgIpc) is 2.70. The van der Waals surface area contributed by atoms with Gasteiger partial charge in [-0.25, -0.2) is 0 Å². The van der Waals surface area contributed by atoms with Gasteiger partial charge in [0.05, 0.1) is 6.04 Å². The minimum absolute atomic E-state index is 0.0927. The van der Waals surface area contributed by atoms with Crippen molar-refractivity contribution < 1.29 is 4.79 Å². The number of carbonyl (C=O) groups excluding carboxylic acids is 1. The molecule has 18 heavy (non-hydrogen) atoms. The van der Waals surface area contributed by atoms with Gasteiger partial charge in [0.2, 0.25) is 5.91 Å². The third-order valence-electron chi connectivity index (χ3n) is 4.23. The van der Waals surface area contributed by atoms with Crippen LogP contribution in [0, 0.1) is 11.3 Å². The normalized spacial score (nSPS) is 23.6. The maximum absolute atomic E-state index is 12.3. The van der Waals surface area contributed by atoms with Crippen LogP contribution in [-0.2, 0) is 4.79 Å². The molecule has 0 bridgehead atoms. The summed E-state index contributed by atoms with van der Waals surface area (Å²) >= 11 is 0. The van der Waals surface area contributed by atoms with E-state index in [-0.39, 0.29) is 23.3 Å². The van der Waals surface area contributed by atoms with Crippen molar-refractivity contribution in [3.63, 3.8) is 0 Å². The van der Waals surface area contributed by atoms with E-state index in [2.05, 4.69) is 38.2 Å². The smallest absolute Gasteiger partial charge is 0.224 e. The first-order valence-electron chi connectivity index (χ1n) is 6.86. The van der Waals surface area contributed by atoms with Crippen LogP contribution in [0.5, 0.6) is 0 Å². The lowest BCUT2D eigenvalue weighted by atomic mass is 9.81. The molecule has 0 heterocycles. The largest absolute Gasteiger partial charge is 0.349 e. The Hall–Kier alpha value is -1.31. The summed E-state index contributed by atoms with van der Waals surface area (Å²) < 4.78 is 0. The van der Waals surface area contributed by atoms with Crippen LogP contribution < -0.4 is 5.32 Å². The van der Waals surface area contributed by atoms with Gasteiger partial charge >= 0.3 is 0 Å². The first kappa shape index (κ1) is 13.1. The fourth-order valence-electron chi connectivity index (χ4n) is 2.95. The van der Waals surface area contributed by atoms with Crippen molar-refractivity contribution in [3.8, 4) is 0 Å². The number of rotatable bonds is 3. The molecule has 2 nitrogen and oxygen atoms in total. The van der Waals surface area contributed by atoms with E-state index in [0.717, 1.165) is 12.8 Å². The van der Waals surface area contributed by atoms with Crippen molar-refractivity contribution >= 4 is 5.91 Å². The van der Waals surface area contributed by atoms with Crippen molar-refractivity contribution in [3.05, 3.63) is 35.9 Å². The summed E-state index contributed by atoms with van der Waals surface area (Å²) in [4.78, 5) is 12.3. The van der Waals surface area contributed by atoms with Gasteiger partial charge in [0.25, 0.3) is 0 Å². The lowest BCUT2D eigenvalue weighted by Crippen LogP contribution is -2.37. The quantitative estimate of drug-likeness (QED) is 0.864. The first-order valence-corrected chi connectivity index (χ1v) is 6.86. The number of hydrogen-bond donors (Lipinski definition) is 1. The van der Waals surface area contributed by atoms with Crippen molar-refractivity contribution in [2.75, 3.05) is 0 Å². The Labute approximate surface area is 110 Å². The van der Waals surface area contributed by atoms with Crippen LogP contribution in [0.25, 0.3) is 0 Å². The Morgan fingerprint density at radius 3 is 2.56 bits per heavy atom. The van der Waals surface area contributed by atoms with E-state index < -0.39 is 0 Å². The van der Waals surface area contributed by atoms with E-state index in [4.69, 9.17) is 0 Å². The Morgan fingerprint density at radius 2 is 2.00 bits per heavy atom. The van der Waals surface area contributed by atoms with Crippen LogP contribution >= 0.6 is 0 Å². The fourth-order valence-corrected chi connectivity index (χ4v) is 2.95. The molecule has 0 spiro atoms. The van der Waals surface area contributed by atoms with Crippen molar-refractivity contribution in [1.82, 2.24) is 5.32 Å². The summed E-state index contributed by atoms with van der Waals surface area (Å²) in [5.41, 5.74) is 1.32. The van der Waals surface area contributed by atoms with Crippen LogP contribution in [0.15, 0.2) is 30.3 Å². The molecule has 1 aromatic rings. The molecule has 0 saturated heterocycles. The Morgan fingerprint density at radius 1 is 1.33 bits per heavy atom. The van der Waals surface area contributed by atoms with Gasteiger partial charge in [-0.2, -0.15) is 0 Å². The van der Waals surface area contributed by atoms with Crippen LogP contribution in [0.2, 0.25) is 0 Å². The summed E-state index contributed by atoms with van der Waals surface area (Å²) in [5, 5.41) is 3.15. The molecular formula is C16H23NO. The van der Waals surface area contributed by atoms with E-state index in [1.165, 1.54) is 12.0 Å². The molecule has 2 heteroatoms. The van der Waals surface area contributed by atoms with Crippen LogP contribution in [0.1, 0.15) is 51.6 Å². The van der Waals surface area contributed by atoms with Gasteiger partial charge in [0.15, 0.2) is 0 Å². The van der Waals surface area contributed by atoms with Crippen molar-refractivity contribution in [2.45, 2.75) is 46.1 Å². The Kier molecular flexibility index (Phi) is 3.74. The standard InChI is InChI=1S/C16H23NO/c1-12(13-8-5-4-6-9-13)17-15(18)14-10-7-11-16(14,2)3/h4-6,8-9,12,14H,7,10-11H2,1-3H3,(H,17,18)/t12-,14-/m0/s1. The highest BCUT2D eigenvalue weighted by Crippen LogP contribution is 2.42. The van der Waals surface area contributed by atoms with Crippen LogP contribution in [0.4, 0.5) is 0 Å². The van der Waals surface area contributed by atoms with Crippen molar-refractivity contribution in [2.24, 2.45) is 11.3 Å². The molecule has 98 valence electrons. The zero-order valence-electron chi connectivity index (χ0n) is 11.6. The molecule has 1 N–H and O–H groups in total. The number of nitrogens with one attached hydrogen (secondary N) is 1. The van der Waals surface area contributed by atoms with Gasteiger partial charge in [0, 0.05) is 5.92 Å². The van der Waals surface area contributed by atoms with Crippen LogP contribution in [0.3, 0.4) is 0 Å². The predicted octanol–water partition coefficient (Wildman–Crippen LogP) is 3.69. The Bertz CT molecular complexity index is 410. The topological polar surface area (TPSA) is 29.1 Å². The maximum atomic E-state index is 12.3. The van der Waals surface area contributed by atoms with Gasteiger partial charge in [-0.15, -0.1) is 0 Å². The van der Waals surface area contributed by atoms with Crippen molar-refractivity contribution in [1.29, 1.82) is 0 Å². The van der Waals surface area contributed by atoms with E-state index in [1.807, 2.05) is 18.2 Å². The highest BCUT2D eigenvalue weighted by Gasteiger charge is 2.39. The third-order valence-corrected chi connectivity index (χ3v) is 4.23. The number of amides is 1.